The van der Waals surface area contributed by atoms with Gasteiger partial charge in [0.15, 0.2) is 0 Å². The van der Waals surface area contributed by atoms with Crippen LogP contribution in [0.25, 0.3) is 0 Å². The van der Waals surface area contributed by atoms with E-state index in [0.29, 0.717) is 19.3 Å². The van der Waals surface area contributed by atoms with Gasteiger partial charge in [-0.1, -0.05) is 295 Å². The normalized spacial score (nSPS) is 13.2. The number of esters is 1. The molecule has 0 heterocycles. The number of carbonyl (C=O) groups is 2. The molecule has 0 aromatic carbocycles. The molecule has 0 saturated heterocycles. The second kappa shape index (κ2) is 57.2. The molecule has 0 saturated carbocycles. The Morgan fingerprint density at radius 2 is 0.739 bits per heavy atom. The van der Waals surface area contributed by atoms with E-state index < -0.39 is 18.2 Å². The Morgan fingerprint density at radius 1 is 0.420 bits per heavy atom. The molecule has 0 rings (SSSR count). The van der Waals surface area contributed by atoms with Crippen LogP contribution in [0, 0.1) is 0 Å². The Hall–Kier alpha value is -1.66. The summed E-state index contributed by atoms with van der Waals surface area (Å²) >= 11 is 0. The quantitative estimate of drug-likeness (QED) is 0.0321. The number of amides is 1. The first-order valence-electron chi connectivity index (χ1n) is 31.1. The Balaban J connectivity index is 4.51. The van der Waals surface area contributed by atoms with Gasteiger partial charge in [0.1, 0.15) is 6.10 Å². The summed E-state index contributed by atoms with van der Waals surface area (Å²) in [6.07, 6.45) is 68.2. The third-order valence-corrected chi connectivity index (χ3v) is 14.5. The summed E-state index contributed by atoms with van der Waals surface area (Å²) in [5.74, 6) is -0.458. The zero-order chi connectivity index (χ0) is 50.2. The fourth-order valence-corrected chi connectivity index (χ4v) is 9.82. The molecule has 408 valence electrons. The summed E-state index contributed by atoms with van der Waals surface area (Å²) in [6.45, 7) is 6.51. The smallest absolute Gasteiger partial charge is 0.306 e. The van der Waals surface area contributed by atoms with Crippen LogP contribution in [0.15, 0.2) is 24.3 Å². The molecule has 0 radical (unpaired) electrons. The number of rotatable bonds is 57. The van der Waals surface area contributed by atoms with Crippen molar-refractivity contribution in [1.29, 1.82) is 0 Å². The molecule has 3 N–H and O–H groups in total. The highest BCUT2D eigenvalue weighted by Gasteiger charge is 2.24. The lowest BCUT2D eigenvalue weighted by Crippen LogP contribution is -2.46. The summed E-state index contributed by atoms with van der Waals surface area (Å²) < 4.78 is 5.98. The minimum Gasteiger partial charge on any atom is -0.462 e. The van der Waals surface area contributed by atoms with E-state index >= 15 is 0 Å². The largest absolute Gasteiger partial charge is 0.462 e. The minimum absolute atomic E-state index is 0.0786. The lowest BCUT2D eigenvalue weighted by atomic mass is 10.0. The molecule has 0 aromatic heterocycles. The third-order valence-electron chi connectivity index (χ3n) is 14.5. The maximum atomic E-state index is 13.3. The van der Waals surface area contributed by atoms with Crippen LogP contribution in [0.4, 0.5) is 0 Å². The van der Waals surface area contributed by atoms with Gasteiger partial charge in [0, 0.05) is 6.42 Å². The topological polar surface area (TPSA) is 95.9 Å². The van der Waals surface area contributed by atoms with Crippen molar-refractivity contribution in [2.24, 2.45) is 0 Å². The van der Waals surface area contributed by atoms with Crippen LogP contribution in [-0.4, -0.2) is 46.9 Å². The fraction of sp³-hybridized carbons (Fsp3) is 0.905. The van der Waals surface area contributed by atoms with Crippen molar-refractivity contribution in [3.05, 3.63) is 24.3 Å². The predicted octanol–water partition coefficient (Wildman–Crippen LogP) is 19.4. The molecule has 3 atom stereocenters. The Morgan fingerprint density at radius 3 is 1.13 bits per heavy atom. The number of hydrogen-bond acceptors (Lipinski definition) is 5. The third kappa shape index (κ3) is 52.5. The van der Waals surface area contributed by atoms with Crippen LogP contribution in [0.1, 0.15) is 342 Å². The second-order valence-corrected chi connectivity index (χ2v) is 21.5. The molecule has 0 aliphatic rings. The maximum absolute atomic E-state index is 13.3. The van der Waals surface area contributed by atoms with E-state index in [4.69, 9.17) is 4.74 Å². The molecule has 0 aromatic rings. The van der Waals surface area contributed by atoms with Crippen LogP contribution in [0.2, 0.25) is 0 Å². The molecular weight excluding hydrogens is 851 g/mol. The molecule has 0 bridgehead atoms. The average Bonchev–Trinajstić information content (AvgIpc) is 3.34. The van der Waals surface area contributed by atoms with Crippen LogP contribution in [-0.2, 0) is 14.3 Å². The molecule has 0 aliphatic carbocycles. The second-order valence-electron chi connectivity index (χ2n) is 21.5. The zero-order valence-corrected chi connectivity index (χ0v) is 46.7. The standard InChI is InChI=1S/C63H121NO5/c1-4-7-10-13-16-19-22-25-28-30-32-35-38-41-44-47-50-53-56-63(68)69-59(54-51-48-45-42-39-36-34-31-29-26-23-20-17-14-11-8-5-2)57-62(67)64-60(58-65)61(66)55-52-49-46-43-40-37-33-27-24-21-18-15-12-9-6-3/h17,20,26,29,59-61,65-66H,4-16,18-19,21-25,27-28,30-58H2,1-3H3,(H,64,67)/b20-17-,29-26-. The van der Waals surface area contributed by atoms with E-state index in [9.17, 15) is 19.8 Å². The highest BCUT2D eigenvalue weighted by molar-refractivity contribution is 5.77. The molecular formula is C63H121NO5. The molecule has 6 heteroatoms. The van der Waals surface area contributed by atoms with Gasteiger partial charge < -0.3 is 20.3 Å². The van der Waals surface area contributed by atoms with Crippen molar-refractivity contribution >= 4 is 11.9 Å². The minimum atomic E-state index is -0.787. The van der Waals surface area contributed by atoms with Crippen molar-refractivity contribution in [2.45, 2.75) is 360 Å². The van der Waals surface area contributed by atoms with Crippen molar-refractivity contribution < 1.29 is 24.5 Å². The predicted molar refractivity (Wildman–Crippen MR) is 301 cm³/mol. The number of unbranched alkanes of at least 4 members (excludes halogenated alkanes) is 41. The number of nitrogens with one attached hydrogen (secondary N) is 1. The van der Waals surface area contributed by atoms with Gasteiger partial charge in [-0.15, -0.1) is 0 Å². The van der Waals surface area contributed by atoms with Crippen LogP contribution in [0.5, 0.6) is 0 Å². The number of aliphatic hydroxyl groups is 2. The molecule has 69 heavy (non-hydrogen) atoms. The molecule has 0 fully saturated rings. The highest BCUT2D eigenvalue weighted by Crippen LogP contribution is 2.19. The average molecular weight is 973 g/mol. The van der Waals surface area contributed by atoms with Crippen molar-refractivity contribution in [2.75, 3.05) is 6.61 Å². The van der Waals surface area contributed by atoms with Crippen molar-refractivity contribution in [3.63, 3.8) is 0 Å². The molecule has 1 amide bonds. The Labute approximate surface area is 431 Å². The van der Waals surface area contributed by atoms with Gasteiger partial charge in [-0.2, -0.15) is 0 Å². The molecule has 0 aliphatic heterocycles. The number of allylic oxidation sites excluding steroid dienone is 4. The van der Waals surface area contributed by atoms with Crippen LogP contribution >= 0.6 is 0 Å². The molecule has 0 spiro atoms. The van der Waals surface area contributed by atoms with Gasteiger partial charge in [0.25, 0.3) is 0 Å². The van der Waals surface area contributed by atoms with Gasteiger partial charge in [-0.25, -0.2) is 0 Å². The van der Waals surface area contributed by atoms with Crippen LogP contribution < -0.4 is 5.32 Å². The first-order chi connectivity index (χ1) is 34.0. The van der Waals surface area contributed by atoms with E-state index in [2.05, 4.69) is 50.4 Å². The van der Waals surface area contributed by atoms with Crippen molar-refractivity contribution in [1.82, 2.24) is 5.32 Å². The van der Waals surface area contributed by atoms with Gasteiger partial charge in [0.2, 0.25) is 5.91 Å². The molecule has 6 nitrogen and oxygen atoms in total. The van der Waals surface area contributed by atoms with E-state index in [-0.39, 0.29) is 24.9 Å². The zero-order valence-electron chi connectivity index (χ0n) is 46.7. The lowest BCUT2D eigenvalue weighted by Gasteiger charge is -2.24. The summed E-state index contributed by atoms with van der Waals surface area (Å²) in [5.41, 5.74) is 0. The summed E-state index contributed by atoms with van der Waals surface area (Å²) in [4.78, 5) is 26.4. The molecule has 3 unspecified atom stereocenters. The van der Waals surface area contributed by atoms with Gasteiger partial charge in [-0.3, -0.25) is 9.59 Å². The first kappa shape index (κ1) is 67.3. The van der Waals surface area contributed by atoms with E-state index in [1.807, 2.05) is 0 Å². The summed E-state index contributed by atoms with van der Waals surface area (Å²) in [7, 11) is 0. The number of aliphatic hydroxyl groups excluding tert-OH is 2. The Bertz CT molecular complexity index is 1090. The van der Waals surface area contributed by atoms with E-state index in [1.54, 1.807) is 0 Å². The van der Waals surface area contributed by atoms with E-state index in [0.717, 1.165) is 64.2 Å². The summed E-state index contributed by atoms with van der Waals surface area (Å²) in [5, 5.41) is 23.9. The monoisotopic (exact) mass is 972 g/mol. The van der Waals surface area contributed by atoms with E-state index in [1.165, 1.54) is 231 Å². The van der Waals surface area contributed by atoms with Crippen molar-refractivity contribution in [3.8, 4) is 0 Å². The fourth-order valence-electron chi connectivity index (χ4n) is 9.82. The highest BCUT2D eigenvalue weighted by atomic mass is 16.5. The SMILES string of the molecule is CCCCC/C=C\C/C=C\CCCCCCCCCC(CC(=O)NC(CO)C(O)CCCCCCCCCCCCCCCCC)OC(=O)CCCCCCCCCCCCCCCCCCCC. The maximum Gasteiger partial charge on any atom is 0.306 e. The Kier molecular flexibility index (Phi) is 55.9. The number of hydrogen-bond donors (Lipinski definition) is 3. The van der Waals surface area contributed by atoms with Gasteiger partial charge in [0.05, 0.1) is 25.2 Å². The van der Waals surface area contributed by atoms with Gasteiger partial charge in [-0.05, 0) is 57.8 Å². The van der Waals surface area contributed by atoms with Gasteiger partial charge >= 0.3 is 5.97 Å². The first-order valence-corrected chi connectivity index (χ1v) is 31.1. The lowest BCUT2D eigenvalue weighted by molar-refractivity contribution is -0.151. The number of ether oxygens (including phenoxy) is 1. The summed E-state index contributed by atoms with van der Waals surface area (Å²) in [6, 6.07) is -0.701. The van der Waals surface area contributed by atoms with Crippen LogP contribution in [0.3, 0.4) is 0 Å². The number of carbonyl (C=O) groups excluding carboxylic acids is 2.